The lowest BCUT2D eigenvalue weighted by Crippen LogP contribution is -2.49. The van der Waals surface area contributed by atoms with Gasteiger partial charge in [-0.1, -0.05) is 12.8 Å². The van der Waals surface area contributed by atoms with E-state index in [4.69, 9.17) is 5.73 Å². The van der Waals surface area contributed by atoms with Crippen LogP contribution in [0.1, 0.15) is 39.5 Å². The van der Waals surface area contributed by atoms with Gasteiger partial charge >= 0.3 is 0 Å². The molecule has 1 saturated carbocycles. The van der Waals surface area contributed by atoms with Crippen LogP contribution in [0.5, 0.6) is 0 Å². The largest absolute Gasteiger partial charge is 0.329 e. The Morgan fingerprint density at radius 1 is 1.50 bits per heavy atom. The Morgan fingerprint density at radius 3 is 2.71 bits per heavy atom. The first kappa shape index (κ1) is 11.6. The highest BCUT2D eigenvalue weighted by molar-refractivity contribution is 4.97. The van der Waals surface area contributed by atoms with Crippen molar-refractivity contribution in [2.45, 2.75) is 45.1 Å². The maximum absolute atomic E-state index is 5.80. The molecule has 1 unspecified atom stereocenters. The SMILES string of the molecule is CC#CCCNC(C)(CN)CC1CC1. The van der Waals surface area contributed by atoms with Gasteiger partial charge in [-0.15, -0.1) is 11.8 Å². The van der Waals surface area contributed by atoms with Crippen LogP contribution < -0.4 is 11.1 Å². The molecule has 1 aliphatic rings. The van der Waals surface area contributed by atoms with Gasteiger partial charge in [0.25, 0.3) is 0 Å². The van der Waals surface area contributed by atoms with Gasteiger partial charge in [-0.25, -0.2) is 0 Å². The van der Waals surface area contributed by atoms with Crippen LogP contribution in [0.2, 0.25) is 0 Å². The summed E-state index contributed by atoms with van der Waals surface area (Å²) in [5.74, 6) is 6.89. The van der Waals surface area contributed by atoms with Crippen LogP contribution in [0.15, 0.2) is 0 Å². The molecule has 2 heteroatoms. The molecule has 0 amide bonds. The predicted molar refractivity (Wildman–Crippen MR) is 60.9 cm³/mol. The molecule has 1 rings (SSSR count). The molecule has 14 heavy (non-hydrogen) atoms. The van der Waals surface area contributed by atoms with Crippen LogP contribution in [0.25, 0.3) is 0 Å². The molecule has 0 aromatic carbocycles. The Kier molecular flexibility index (Phi) is 4.44. The van der Waals surface area contributed by atoms with Crippen LogP contribution in [0, 0.1) is 17.8 Å². The van der Waals surface area contributed by atoms with E-state index in [2.05, 4.69) is 24.1 Å². The van der Waals surface area contributed by atoms with E-state index in [9.17, 15) is 0 Å². The number of hydrogen-bond acceptors (Lipinski definition) is 2. The molecular weight excluding hydrogens is 172 g/mol. The maximum Gasteiger partial charge on any atom is 0.0278 e. The fraction of sp³-hybridized carbons (Fsp3) is 0.833. The molecule has 1 fully saturated rings. The summed E-state index contributed by atoms with van der Waals surface area (Å²) >= 11 is 0. The second-order valence-corrected chi connectivity index (χ2v) is 4.52. The first-order valence-electron chi connectivity index (χ1n) is 5.55. The first-order valence-corrected chi connectivity index (χ1v) is 5.55. The van der Waals surface area contributed by atoms with Gasteiger partial charge in [-0.05, 0) is 26.2 Å². The fourth-order valence-corrected chi connectivity index (χ4v) is 1.74. The molecule has 2 nitrogen and oxygen atoms in total. The van der Waals surface area contributed by atoms with Gasteiger partial charge in [0.05, 0.1) is 0 Å². The van der Waals surface area contributed by atoms with Gasteiger partial charge in [-0.2, -0.15) is 0 Å². The van der Waals surface area contributed by atoms with Crippen molar-refractivity contribution >= 4 is 0 Å². The molecule has 0 aromatic rings. The summed E-state index contributed by atoms with van der Waals surface area (Å²) in [6, 6.07) is 0. The van der Waals surface area contributed by atoms with Gasteiger partial charge in [-0.3, -0.25) is 0 Å². The summed E-state index contributed by atoms with van der Waals surface area (Å²) in [6.07, 6.45) is 4.94. The molecular formula is C12H22N2. The number of nitrogens with two attached hydrogens (primary N) is 1. The van der Waals surface area contributed by atoms with Crippen molar-refractivity contribution in [1.82, 2.24) is 5.32 Å². The second-order valence-electron chi connectivity index (χ2n) is 4.52. The quantitative estimate of drug-likeness (QED) is 0.497. The van der Waals surface area contributed by atoms with Gasteiger partial charge in [0.1, 0.15) is 0 Å². The van der Waals surface area contributed by atoms with Gasteiger partial charge in [0.15, 0.2) is 0 Å². The smallest absolute Gasteiger partial charge is 0.0278 e. The minimum absolute atomic E-state index is 0.136. The van der Waals surface area contributed by atoms with Crippen molar-refractivity contribution in [3.8, 4) is 11.8 Å². The number of rotatable bonds is 6. The average Bonchev–Trinajstić information content (AvgIpc) is 2.96. The van der Waals surface area contributed by atoms with Gasteiger partial charge in [0, 0.05) is 25.0 Å². The summed E-state index contributed by atoms with van der Waals surface area (Å²) < 4.78 is 0. The molecule has 0 saturated heterocycles. The normalized spacial score (nSPS) is 19.6. The van der Waals surface area contributed by atoms with E-state index in [1.165, 1.54) is 19.3 Å². The van der Waals surface area contributed by atoms with Crippen LogP contribution in [0.4, 0.5) is 0 Å². The van der Waals surface area contributed by atoms with E-state index in [1.807, 2.05) is 6.92 Å². The van der Waals surface area contributed by atoms with Crippen molar-refractivity contribution in [3.05, 3.63) is 0 Å². The third kappa shape index (κ3) is 4.13. The zero-order valence-electron chi connectivity index (χ0n) is 9.40. The van der Waals surface area contributed by atoms with Crippen LogP contribution >= 0.6 is 0 Å². The van der Waals surface area contributed by atoms with E-state index >= 15 is 0 Å². The monoisotopic (exact) mass is 194 g/mol. The third-order valence-electron chi connectivity index (χ3n) is 2.87. The van der Waals surface area contributed by atoms with Crippen molar-refractivity contribution in [1.29, 1.82) is 0 Å². The van der Waals surface area contributed by atoms with Crippen LogP contribution in [0.3, 0.4) is 0 Å². The summed E-state index contributed by atoms with van der Waals surface area (Å²) in [4.78, 5) is 0. The first-order chi connectivity index (χ1) is 6.70. The molecule has 80 valence electrons. The van der Waals surface area contributed by atoms with Gasteiger partial charge in [0.2, 0.25) is 0 Å². The lowest BCUT2D eigenvalue weighted by molar-refractivity contribution is 0.327. The van der Waals surface area contributed by atoms with E-state index in [1.54, 1.807) is 0 Å². The highest BCUT2D eigenvalue weighted by Crippen LogP contribution is 2.36. The summed E-state index contributed by atoms with van der Waals surface area (Å²) in [6.45, 7) is 5.79. The molecule has 0 spiro atoms. The summed E-state index contributed by atoms with van der Waals surface area (Å²) in [7, 11) is 0. The Balaban J connectivity index is 2.22. The molecule has 0 radical (unpaired) electrons. The number of hydrogen-bond donors (Lipinski definition) is 2. The topological polar surface area (TPSA) is 38.0 Å². The highest BCUT2D eigenvalue weighted by Gasteiger charge is 2.31. The third-order valence-corrected chi connectivity index (χ3v) is 2.87. The minimum Gasteiger partial charge on any atom is -0.329 e. The van der Waals surface area contributed by atoms with Crippen molar-refractivity contribution in [2.24, 2.45) is 11.7 Å². The van der Waals surface area contributed by atoms with E-state index in [-0.39, 0.29) is 5.54 Å². The standard InChI is InChI=1S/C12H22N2/c1-3-4-5-8-14-12(2,10-13)9-11-6-7-11/h11,14H,5-10,13H2,1-2H3. The van der Waals surface area contributed by atoms with Crippen molar-refractivity contribution in [2.75, 3.05) is 13.1 Å². The number of nitrogens with one attached hydrogen (secondary N) is 1. The van der Waals surface area contributed by atoms with Crippen molar-refractivity contribution in [3.63, 3.8) is 0 Å². The van der Waals surface area contributed by atoms with Gasteiger partial charge < -0.3 is 11.1 Å². The molecule has 0 aliphatic heterocycles. The zero-order valence-corrected chi connectivity index (χ0v) is 9.40. The Labute approximate surface area is 87.6 Å². The fourth-order valence-electron chi connectivity index (χ4n) is 1.74. The summed E-state index contributed by atoms with van der Waals surface area (Å²) in [5.41, 5.74) is 5.93. The van der Waals surface area contributed by atoms with E-state index in [0.29, 0.717) is 0 Å². The van der Waals surface area contributed by atoms with E-state index < -0.39 is 0 Å². The average molecular weight is 194 g/mol. The molecule has 3 N–H and O–H groups in total. The second kappa shape index (κ2) is 5.38. The van der Waals surface area contributed by atoms with E-state index in [0.717, 1.165) is 25.4 Å². The lowest BCUT2D eigenvalue weighted by atomic mass is 9.95. The molecule has 1 aliphatic carbocycles. The molecule has 0 bridgehead atoms. The Bertz CT molecular complexity index is 222. The molecule has 1 atom stereocenters. The molecule has 0 heterocycles. The van der Waals surface area contributed by atoms with Crippen LogP contribution in [-0.4, -0.2) is 18.6 Å². The summed E-state index contributed by atoms with van der Waals surface area (Å²) in [5, 5.41) is 3.52. The minimum atomic E-state index is 0.136. The maximum atomic E-state index is 5.80. The predicted octanol–water partition coefficient (Wildman–Crippen LogP) is 1.51. The lowest BCUT2D eigenvalue weighted by Gasteiger charge is -2.29. The van der Waals surface area contributed by atoms with Crippen molar-refractivity contribution < 1.29 is 0 Å². The highest BCUT2D eigenvalue weighted by atomic mass is 15.0. The Morgan fingerprint density at radius 2 is 2.21 bits per heavy atom. The molecule has 0 aromatic heterocycles. The zero-order chi connectivity index (χ0) is 10.4. The Hall–Kier alpha value is -0.520. The van der Waals surface area contributed by atoms with Crippen LogP contribution in [-0.2, 0) is 0 Å².